The maximum absolute atomic E-state index is 11.8. The minimum atomic E-state index is -0.243. The molecule has 2 rings (SSSR count). The van der Waals surface area contributed by atoms with Gasteiger partial charge in [-0.15, -0.1) is 11.6 Å². The number of hydrogen-bond acceptors (Lipinski definition) is 1. The third-order valence-electron chi connectivity index (χ3n) is 3.05. The summed E-state index contributed by atoms with van der Waals surface area (Å²) in [6.07, 6.45) is 3.78. The van der Waals surface area contributed by atoms with Crippen LogP contribution in [-0.2, 0) is 11.2 Å². The summed E-state index contributed by atoms with van der Waals surface area (Å²) < 4.78 is 0. The normalized spacial score (nSPS) is 26.6. The standard InChI is InChI=1S/C13H15ClO/c14-12-8-4-7-11(13(12)15)9-10-5-2-1-3-6-10/h1-3,5-6,11-12H,4,7-9H2. The number of hydrogen-bond donors (Lipinski definition) is 0. The summed E-state index contributed by atoms with van der Waals surface area (Å²) in [5.74, 6) is 0.385. The Morgan fingerprint density at radius 3 is 2.67 bits per heavy atom. The van der Waals surface area contributed by atoms with E-state index >= 15 is 0 Å². The molecule has 1 aromatic carbocycles. The molecule has 1 fully saturated rings. The average Bonchev–Trinajstić information content (AvgIpc) is 2.26. The number of benzene rings is 1. The fourth-order valence-electron chi connectivity index (χ4n) is 2.19. The molecule has 15 heavy (non-hydrogen) atoms. The van der Waals surface area contributed by atoms with Crippen LogP contribution in [0.15, 0.2) is 30.3 Å². The van der Waals surface area contributed by atoms with Crippen molar-refractivity contribution in [3.63, 3.8) is 0 Å². The van der Waals surface area contributed by atoms with Crippen LogP contribution in [0.1, 0.15) is 24.8 Å². The molecule has 1 saturated carbocycles. The van der Waals surface area contributed by atoms with E-state index in [1.165, 1.54) is 5.56 Å². The van der Waals surface area contributed by atoms with Gasteiger partial charge in [-0.05, 0) is 24.8 Å². The van der Waals surface area contributed by atoms with Crippen molar-refractivity contribution in [1.82, 2.24) is 0 Å². The average molecular weight is 223 g/mol. The zero-order valence-corrected chi connectivity index (χ0v) is 9.41. The molecule has 2 unspecified atom stereocenters. The Morgan fingerprint density at radius 2 is 1.93 bits per heavy atom. The lowest BCUT2D eigenvalue weighted by Gasteiger charge is -2.24. The van der Waals surface area contributed by atoms with Crippen LogP contribution in [0.5, 0.6) is 0 Å². The summed E-state index contributed by atoms with van der Waals surface area (Å²) >= 11 is 5.98. The lowest BCUT2D eigenvalue weighted by atomic mass is 9.83. The van der Waals surface area contributed by atoms with E-state index in [2.05, 4.69) is 12.1 Å². The van der Waals surface area contributed by atoms with Crippen molar-refractivity contribution in [2.75, 3.05) is 0 Å². The van der Waals surface area contributed by atoms with Gasteiger partial charge in [-0.1, -0.05) is 36.8 Å². The van der Waals surface area contributed by atoms with Crippen molar-refractivity contribution in [3.05, 3.63) is 35.9 Å². The molecule has 0 aliphatic heterocycles. The van der Waals surface area contributed by atoms with Gasteiger partial charge >= 0.3 is 0 Å². The molecule has 0 bridgehead atoms. The predicted molar refractivity (Wildman–Crippen MR) is 62.1 cm³/mol. The molecule has 1 aromatic rings. The quantitative estimate of drug-likeness (QED) is 0.703. The number of carbonyl (C=O) groups is 1. The third-order valence-corrected chi connectivity index (χ3v) is 3.48. The van der Waals surface area contributed by atoms with E-state index in [0.29, 0.717) is 0 Å². The minimum Gasteiger partial charge on any atom is -0.298 e. The van der Waals surface area contributed by atoms with Crippen LogP contribution in [0.25, 0.3) is 0 Å². The number of carbonyl (C=O) groups excluding carboxylic acids is 1. The van der Waals surface area contributed by atoms with Gasteiger partial charge in [0.05, 0.1) is 5.38 Å². The molecule has 1 nitrogen and oxygen atoms in total. The highest BCUT2D eigenvalue weighted by molar-refractivity contribution is 6.31. The van der Waals surface area contributed by atoms with E-state index in [1.807, 2.05) is 18.2 Å². The maximum atomic E-state index is 11.8. The molecule has 0 aromatic heterocycles. The molecule has 0 N–H and O–H groups in total. The second-order valence-corrected chi connectivity index (χ2v) is 4.71. The largest absolute Gasteiger partial charge is 0.298 e. The first-order valence-electron chi connectivity index (χ1n) is 5.49. The summed E-state index contributed by atoms with van der Waals surface area (Å²) in [5, 5.41) is -0.243. The van der Waals surface area contributed by atoms with Crippen molar-refractivity contribution in [2.45, 2.75) is 31.1 Å². The predicted octanol–water partition coefficient (Wildman–Crippen LogP) is 3.21. The molecule has 80 valence electrons. The molecule has 1 aliphatic carbocycles. The Kier molecular flexibility index (Phi) is 3.42. The third kappa shape index (κ3) is 2.60. The Hall–Kier alpha value is -0.820. The molecule has 1 aliphatic rings. The van der Waals surface area contributed by atoms with Gasteiger partial charge < -0.3 is 0 Å². The van der Waals surface area contributed by atoms with Crippen LogP contribution in [0, 0.1) is 5.92 Å². The van der Waals surface area contributed by atoms with Gasteiger partial charge in [0.25, 0.3) is 0 Å². The highest BCUT2D eigenvalue weighted by Gasteiger charge is 2.29. The topological polar surface area (TPSA) is 17.1 Å². The highest BCUT2D eigenvalue weighted by atomic mass is 35.5. The molecule has 0 radical (unpaired) electrons. The van der Waals surface area contributed by atoms with E-state index in [-0.39, 0.29) is 17.1 Å². The van der Waals surface area contributed by atoms with Crippen LogP contribution in [0.2, 0.25) is 0 Å². The van der Waals surface area contributed by atoms with Crippen molar-refractivity contribution in [3.8, 4) is 0 Å². The Bertz CT molecular complexity index is 334. The van der Waals surface area contributed by atoms with E-state index in [1.54, 1.807) is 0 Å². The maximum Gasteiger partial charge on any atom is 0.154 e. The Labute approximate surface area is 95.4 Å². The van der Waals surface area contributed by atoms with E-state index < -0.39 is 0 Å². The first-order valence-corrected chi connectivity index (χ1v) is 5.93. The monoisotopic (exact) mass is 222 g/mol. The second-order valence-electron chi connectivity index (χ2n) is 4.19. The summed E-state index contributed by atoms with van der Waals surface area (Å²) in [6.45, 7) is 0. The van der Waals surface area contributed by atoms with Gasteiger partial charge in [0.1, 0.15) is 0 Å². The summed E-state index contributed by atoms with van der Waals surface area (Å²) in [4.78, 5) is 11.8. The van der Waals surface area contributed by atoms with Crippen molar-refractivity contribution in [1.29, 1.82) is 0 Å². The molecule has 0 saturated heterocycles. The second kappa shape index (κ2) is 4.80. The SMILES string of the molecule is O=C1C(Cl)CCCC1Cc1ccccc1. The van der Waals surface area contributed by atoms with Crippen LogP contribution in [-0.4, -0.2) is 11.2 Å². The van der Waals surface area contributed by atoms with Gasteiger partial charge in [0, 0.05) is 5.92 Å². The summed E-state index contributed by atoms with van der Waals surface area (Å²) in [5.41, 5.74) is 1.24. The fraction of sp³-hybridized carbons (Fsp3) is 0.462. The van der Waals surface area contributed by atoms with E-state index in [4.69, 9.17) is 11.6 Å². The molecule has 0 spiro atoms. The fourth-order valence-corrected chi connectivity index (χ4v) is 2.52. The molecule has 0 heterocycles. The smallest absolute Gasteiger partial charge is 0.154 e. The van der Waals surface area contributed by atoms with Gasteiger partial charge in [0.15, 0.2) is 5.78 Å². The van der Waals surface area contributed by atoms with Crippen LogP contribution in [0.4, 0.5) is 0 Å². The Morgan fingerprint density at radius 1 is 1.20 bits per heavy atom. The van der Waals surface area contributed by atoms with Crippen molar-refractivity contribution in [2.24, 2.45) is 5.92 Å². The molecular weight excluding hydrogens is 208 g/mol. The van der Waals surface area contributed by atoms with Gasteiger partial charge in [0.2, 0.25) is 0 Å². The van der Waals surface area contributed by atoms with Crippen LogP contribution < -0.4 is 0 Å². The van der Waals surface area contributed by atoms with Crippen molar-refractivity contribution < 1.29 is 4.79 Å². The van der Waals surface area contributed by atoms with Gasteiger partial charge in [-0.2, -0.15) is 0 Å². The Balaban J connectivity index is 2.03. The number of ketones is 1. The molecule has 0 amide bonds. The van der Waals surface area contributed by atoms with Crippen LogP contribution in [0.3, 0.4) is 0 Å². The number of halogens is 1. The number of alkyl halides is 1. The highest BCUT2D eigenvalue weighted by Crippen LogP contribution is 2.27. The van der Waals surface area contributed by atoms with Gasteiger partial charge in [-0.25, -0.2) is 0 Å². The summed E-state index contributed by atoms with van der Waals surface area (Å²) in [7, 11) is 0. The lowest BCUT2D eigenvalue weighted by Crippen LogP contribution is -2.30. The number of Topliss-reactive ketones (excluding diaryl/α,β-unsaturated/α-hetero) is 1. The molecule has 2 heteroatoms. The zero-order valence-electron chi connectivity index (χ0n) is 8.66. The van der Waals surface area contributed by atoms with Gasteiger partial charge in [-0.3, -0.25) is 4.79 Å². The van der Waals surface area contributed by atoms with Crippen molar-refractivity contribution >= 4 is 17.4 Å². The first-order chi connectivity index (χ1) is 7.27. The minimum absolute atomic E-state index is 0.142. The molecule has 2 atom stereocenters. The zero-order chi connectivity index (χ0) is 10.7. The van der Waals surface area contributed by atoms with Crippen LogP contribution >= 0.6 is 11.6 Å². The first kappa shape index (κ1) is 10.7. The summed E-state index contributed by atoms with van der Waals surface area (Å²) in [6, 6.07) is 10.2. The van der Waals surface area contributed by atoms with E-state index in [0.717, 1.165) is 25.7 Å². The van der Waals surface area contributed by atoms with E-state index in [9.17, 15) is 4.79 Å². The molecular formula is C13H15ClO. The number of rotatable bonds is 2. The lowest BCUT2D eigenvalue weighted by molar-refractivity contribution is -0.124.